The Balaban J connectivity index is 1.17. The fraction of sp³-hybridized carbons (Fsp3) is 0.739. The second-order valence-corrected chi connectivity index (χ2v) is 11.6. The summed E-state index contributed by atoms with van der Waals surface area (Å²) < 4.78 is 4.62. The molecule has 2 aromatic rings. The van der Waals surface area contributed by atoms with Gasteiger partial charge in [-0.3, -0.25) is 14.4 Å². The Labute approximate surface area is 197 Å². The second-order valence-electron chi connectivity index (χ2n) is 10.9. The highest BCUT2D eigenvalue weighted by molar-refractivity contribution is 9.10. The summed E-state index contributed by atoms with van der Waals surface area (Å²) in [6.45, 7) is 6.52. The summed E-state index contributed by atoms with van der Waals surface area (Å²) in [5.41, 5.74) is 2.15. The third-order valence-corrected chi connectivity index (χ3v) is 8.97. The van der Waals surface area contributed by atoms with E-state index in [2.05, 4.69) is 58.7 Å². The van der Waals surface area contributed by atoms with E-state index in [0.29, 0.717) is 22.5 Å². The smallest absolute Gasteiger partial charge is 0.228 e. The molecular weight excluding hydrogens is 470 g/mol. The lowest BCUT2D eigenvalue weighted by Gasteiger charge is -2.61. The number of rotatable bonds is 4. The predicted molar refractivity (Wildman–Crippen MR) is 123 cm³/mol. The molecule has 7 rings (SSSR count). The number of carbonyl (C=O) groups excluding carboxylic acids is 1. The van der Waals surface area contributed by atoms with E-state index in [0.717, 1.165) is 70.5 Å². The van der Waals surface area contributed by atoms with Gasteiger partial charge in [0, 0.05) is 51.5 Å². The zero-order chi connectivity index (χ0) is 22.1. The summed E-state index contributed by atoms with van der Waals surface area (Å²) in [4.78, 5) is 23.0. The standard InChI is InChI=1S/C23H32BrN7O/c1-16-19(12-28(2)26-16)13-29-3-5-30(6-4-29)20(32)22-8-17-7-18(9-22)11-23(10-17,14-22)31-15-25-21(24)27-31/h12,15,17-18H,3-11,13-14H2,1-2H3. The highest BCUT2D eigenvalue weighted by Crippen LogP contribution is 2.64. The third kappa shape index (κ3) is 3.34. The first-order valence-corrected chi connectivity index (χ1v) is 12.7. The van der Waals surface area contributed by atoms with Crippen molar-refractivity contribution in [2.45, 2.75) is 57.5 Å². The van der Waals surface area contributed by atoms with Gasteiger partial charge in [-0.1, -0.05) is 0 Å². The van der Waals surface area contributed by atoms with Gasteiger partial charge in [-0.2, -0.15) is 5.10 Å². The van der Waals surface area contributed by atoms with Crippen LogP contribution in [-0.2, 0) is 23.9 Å². The minimum Gasteiger partial charge on any atom is -0.340 e. The number of piperazine rings is 1. The molecule has 2 atom stereocenters. The van der Waals surface area contributed by atoms with Crippen molar-refractivity contribution in [2.75, 3.05) is 26.2 Å². The molecule has 2 unspecified atom stereocenters. The molecule has 8 nitrogen and oxygen atoms in total. The molecule has 32 heavy (non-hydrogen) atoms. The van der Waals surface area contributed by atoms with Crippen molar-refractivity contribution in [1.29, 1.82) is 0 Å². The number of hydrogen-bond acceptors (Lipinski definition) is 5. The summed E-state index contributed by atoms with van der Waals surface area (Å²) in [6, 6.07) is 0. The lowest BCUT2D eigenvalue weighted by atomic mass is 9.46. The minimum atomic E-state index is -0.204. The van der Waals surface area contributed by atoms with Crippen molar-refractivity contribution in [2.24, 2.45) is 24.3 Å². The SMILES string of the molecule is Cc1nn(C)cc1CN1CCN(C(=O)C23CC4CC(C2)CC(n2cnc(Br)n2)(C4)C3)CC1. The number of halogens is 1. The number of carbonyl (C=O) groups is 1. The van der Waals surface area contributed by atoms with Crippen LogP contribution in [0.2, 0.25) is 0 Å². The number of aryl methyl sites for hydroxylation is 2. The van der Waals surface area contributed by atoms with E-state index in [-0.39, 0.29) is 11.0 Å². The van der Waals surface area contributed by atoms with Gasteiger partial charge in [-0.05, 0) is 73.2 Å². The maximum atomic E-state index is 14.0. The van der Waals surface area contributed by atoms with E-state index in [1.165, 1.54) is 12.0 Å². The van der Waals surface area contributed by atoms with Gasteiger partial charge >= 0.3 is 0 Å². The molecule has 1 aliphatic heterocycles. The Morgan fingerprint density at radius 3 is 2.44 bits per heavy atom. The van der Waals surface area contributed by atoms with Crippen LogP contribution in [0.3, 0.4) is 0 Å². The molecule has 0 spiro atoms. The van der Waals surface area contributed by atoms with Gasteiger partial charge in [0.2, 0.25) is 10.6 Å². The van der Waals surface area contributed by atoms with Crippen LogP contribution < -0.4 is 0 Å². The average Bonchev–Trinajstić information content (AvgIpc) is 3.32. The zero-order valence-corrected chi connectivity index (χ0v) is 20.6. The number of amides is 1. The highest BCUT2D eigenvalue weighted by atomic mass is 79.9. The van der Waals surface area contributed by atoms with Gasteiger partial charge < -0.3 is 4.90 Å². The molecule has 1 saturated heterocycles. The summed E-state index contributed by atoms with van der Waals surface area (Å²) in [5.74, 6) is 1.68. The van der Waals surface area contributed by atoms with Crippen LogP contribution in [0.25, 0.3) is 0 Å². The first-order chi connectivity index (χ1) is 15.3. The maximum Gasteiger partial charge on any atom is 0.228 e. The Hall–Kier alpha value is -1.74. The normalized spacial score (nSPS) is 34.4. The Morgan fingerprint density at radius 2 is 1.84 bits per heavy atom. The average molecular weight is 502 g/mol. The molecule has 0 N–H and O–H groups in total. The summed E-state index contributed by atoms with van der Waals surface area (Å²) >= 11 is 3.42. The molecule has 9 heteroatoms. The van der Waals surface area contributed by atoms with E-state index in [4.69, 9.17) is 0 Å². The van der Waals surface area contributed by atoms with Crippen LogP contribution in [-0.4, -0.2) is 66.4 Å². The summed E-state index contributed by atoms with van der Waals surface area (Å²) in [5, 5.41) is 9.12. The molecule has 3 heterocycles. The van der Waals surface area contributed by atoms with Gasteiger partial charge in [0.05, 0.1) is 16.6 Å². The molecule has 172 valence electrons. The maximum absolute atomic E-state index is 14.0. The largest absolute Gasteiger partial charge is 0.340 e. The predicted octanol–water partition coefficient (Wildman–Crippen LogP) is 2.72. The van der Waals surface area contributed by atoms with Crippen LogP contribution in [0.15, 0.2) is 17.3 Å². The molecular formula is C23H32BrN7O. The Morgan fingerprint density at radius 1 is 1.12 bits per heavy atom. The molecule has 4 aliphatic carbocycles. The van der Waals surface area contributed by atoms with E-state index >= 15 is 0 Å². The van der Waals surface area contributed by atoms with Gasteiger partial charge in [0.25, 0.3) is 0 Å². The van der Waals surface area contributed by atoms with Crippen LogP contribution in [0, 0.1) is 24.2 Å². The summed E-state index contributed by atoms with van der Waals surface area (Å²) in [7, 11) is 1.98. The van der Waals surface area contributed by atoms with Crippen molar-refractivity contribution in [3.63, 3.8) is 0 Å². The molecule has 4 saturated carbocycles. The molecule has 0 aromatic carbocycles. The zero-order valence-electron chi connectivity index (χ0n) is 19.0. The van der Waals surface area contributed by atoms with Crippen molar-refractivity contribution in [3.05, 3.63) is 28.5 Å². The first kappa shape index (κ1) is 20.8. The second kappa shape index (κ2) is 7.38. The van der Waals surface area contributed by atoms with Gasteiger partial charge in [-0.25, -0.2) is 9.67 Å². The topological polar surface area (TPSA) is 72.1 Å². The number of hydrogen-bond donors (Lipinski definition) is 0. The van der Waals surface area contributed by atoms with Crippen molar-refractivity contribution in [3.8, 4) is 0 Å². The lowest BCUT2D eigenvalue weighted by molar-refractivity contribution is -0.168. The molecule has 0 radical (unpaired) electrons. The summed E-state index contributed by atoms with van der Waals surface area (Å²) in [6.07, 6.45) is 10.6. The van der Waals surface area contributed by atoms with Crippen molar-refractivity contribution >= 4 is 21.8 Å². The Kier molecular flexibility index (Phi) is 4.81. The van der Waals surface area contributed by atoms with Gasteiger partial charge in [0.1, 0.15) is 6.33 Å². The van der Waals surface area contributed by atoms with Crippen molar-refractivity contribution < 1.29 is 4.79 Å². The monoisotopic (exact) mass is 501 g/mol. The van der Waals surface area contributed by atoms with Gasteiger partial charge in [0.15, 0.2) is 0 Å². The molecule has 4 bridgehead atoms. The van der Waals surface area contributed by atoms with Crippen LogP contribution in [0.5, 0.6) is 0 Å². The highest BCUT2D eigenvalue weighted by Gasteiger charge is 2.62. The fourth-order valence-electron chi connectivity index (χ4n) is 7.69. The number of nitrogens with zero attached hydrogens (tertiary/aromatic N) is 7. The van der Waals surface area contributed by atoms with Crippen molar-refractivity contribution in [1.82, 2.24) is 34.3 Å². The van der Waals surface area contributed by atoms with E-state index < -0.39 is 0 Å². The fourth-order valence-corrected chi connectivity index (χ4v) is 7.96. The third-order valence-electron chi connectivity index (χ3n) is 8.60. The minimum absolute atomic E-state index is 0.0293. The number of aromatic nitrogens is 5. The van der Waals surface area contributed by atoms with Crippen LogP contribution >= 0.6 is 15.9 Å². The van der Waals surface area contributed by atoms with E-state index in [9.17, 15) is 4.79 Å². The molecule has 2 aromatic heterocycles. The molecule has 1 amide bonds. The van der Waals surface area contributed by atoms with Crippen LogP contribution in [0.4, 0.5) is 0 Å². The van der Waals surface area contributed by atoms with E-state index in [1.807, 2.05) is 18.1 Å². The quantitative estimate of drug-likeness (QED) is 0.643. The molecule has 5 aliphatic rings. The van der Waals surface area contributed by atoms with Gasteiger partial charge in [-0.15, -0.1) is 5.10 Å². The van der Waals surface area contributed by atoms with E-state index in [1.54, 1.807) is 0 Å². The first-order valence-electron chi connectivity index (χ1n) is 11.9. The Bertz CT molecular complexity index is 1020. The lowest BCUT2D eigenvalue weighted by Crippen LogP contribution is -2.62. The molecule has 5 fully saturated rings. The van der Waals surface area contributed by atoms with Crippen LogP contribution in [0.1, 0.15) is 49.8 Å².